The summed E-state index contributed by atoms with van der Waals surface area (Å²) in [6.45, 7) is 0.241. The lowest BCUT2D eigenvalue weighted by molar-refractivity contribution is 0.0978. The lowest BCUT2D eigenvalue weighted by atomic mass is 10.2. The second kappa shape index (κ2) is 6.70. The SMILES string of the molecule is CN(CC1CCCO1)S(=O)(=O)c1cc(Br)cc(CO)c1F. The van der Waals surface area contributed by atoms with Crippen LogP contribution in [0.15, 0.2) is 21.5 Å². The average molecular weight is 382 g/mol. The molecule has 0 amide bonds. The Morgan fingerprint density at radius 2 is 2.24 bits per heavy atom. The molecule has 1 N–H and O–H groups in total. The van der Waals surface area contributed by atoms with Gasteiger partial charge in [-0.15, -0.1) is 0 Å². The van der Waals surface area contributed by atoms with Gasteiger partial charge in [-0.2, -0.15) is 4.31 Å². The summed E-state index contributed by atoms with van der Waals surface area (Å²) in [5.74, 6) is -0.917. The molecule has 0 bridgehead atoms. The van der Waals surface area contributed by atoms with Crippen molar-refractivity contribution in [3.8, 4) is 0 Å². The van der Waals surface area contributed by atoms with Gasteiger partial charge in [0.25, 0.3) is 0 Å². The van der Waals surface area contributed by atoms with Crippen LogP contribution in [0.5, 0.6) is 0 Å². The summed E-state index contributed by atoms with van der Waals surface area (Å²) in [4.78, 5) is -0.443. The molecule has 5 nitrogen and oxygen atoms in total. The molecule has 21 heavy (non-hydrogen) atoms. The van der Waals surface area contributed by atoms with Crippen molar-refractivity contribution < 1.29 is 22.7 Å². The number of sulfonamides is 1. The Hall–Kier alpha value is -0.540. The molecule has 1 aromatic carbocycles. The minimum absolute atomic E-state index is 0.0616. The van der Waals surface area contributed by atoms with Gasteiger partial charge in [-0.25, -0.2) is 12.8 Å². The molecular weight excluding hydrogens is 365 g/mol. The number of hydrogen-bond donors (Lipinski definition) is 1. The molecule has 0 spiro atoms. The molecule has 0 saturated carbocycles. The number of rotatable bonds is 5. The van der Waals surface area contributed by atoms with Gasteiger partial charge in [0.05, 0.1) is 12.7 Å². The number of benzene rings is 1. The summed E-state index contributed by atoms with van der Waals surface area (Å²) < 4.78 is 46.1. The Morgan fingerprint density at radius 3 is 2.81 bits per heavy atom. The fourth-order valence-electron chi connectivity index (χ4n) is 2.26. The maximum Gasteiger partial charge on any atom is 0.245 e. The van der Waals surface area contributed by atoms with Crippen LogP contribution < -0.4 is 0 Å². The Bertz CT molecular complexity index is 617. The van der Waals surface area contributed by atoms with Crippen LogP contribution in [0.4, 0.5) is 4.39 Å². The number of nitrogens with zero attached hydrogens (tertiary/aromatic N) is 1. The third-order valence-electron chi connectivity index (χ3n) is 3.42. The summed E-state index contributed by atoms with van der Waals surface area (Å²) in [6.07, 6.45) is 1.54. The van der Waals surface area contributed by atoms with E-state index in [9.17, 15) is 12.8 Å². The molecule has 0 aromatic heterocycles. The minimum Gasteiger partial charge on any atom is -0.392 e. The van der Waals surface area contributed by atoms with Gasteiger partial charge in [-0.1, -0.05) is 15.9 Å². The number of halogens is 2. The van der Waals surface area contributed by atoms with E-state index in [-0.39, 0.29) is 18.2 Å². The molecule has 8 heteroatoms. The number of ether oxygens (including phenoxy) is 1. The second-order valence-electron chi connectivity index (χ2n) is 4.96. The quantitative estimate of drug-likeness (QED) is 0.845. The highest BCUT2D eigenvalue weighted by molar-refractivity contribution is 9.10. The molecule has 1 aliphatic rings. The van der Waals surface area contributed by atoms with Crippen molar-refractivity contribution in [2.24, 2.45) is 0 Å². The minimum atomic E-state index is -3.97. The third kappa shape index (κ3) is 3.62. The van der Waals surface area contributed by atoms with Gasteiger partial charge < -0.3 is 9.84 Å². The van der Waals surface area contributed by atoms with E-state index in [2.05, 4.69) is 15.9 Å². The van der Waals surface area contributed by atoms with Crippen LogP contribution in [-0.2, 0) is 21.4 Å². The normalized spacial score (nSPS) is 19.4. The molecular formula is C13H17BrFNO4S. The first-order valence-corrected chi connectivity index (χ1v) is 8.76. The summed E-state index contributed by atoms with van der Waals surface area (Å²) in [5.41, 5.74) is -0.0616. The van der Waals surface area contributed by atoms with E-state index in [1.807, 2.05) is 0 Å². The summed E-state index contributed by atoms with van der Waals surface area (Å²) >= 11 is 3.13. The number of hydrogen-bond acceptors (Lipinski definition) is 4. The zero-order valence-electron chi connectivity index (χ0n) is 11.6. The van der Waals surface area contributed by atoms with Crippen molar-refractivity contribution in [1.29, 1.82) is 0 Å². The number of aliphatic hydroxyl groups is 1. The van der Waals surface area contributed by atoms with Crippen molar-refractivity contribution in [3.05, 3.63) is 28.0 Å². The van der Waals surface area contributed by atoms with Crippen LogP contribution in [0.25, 0.3) is 0 Å². The Morgan fingerprint density at radius 1 is 1.52 bits per heavy atom. The summed E-state index contributed by atoms with van der Waals surface area (Å²) in [5, 5.41) is 9.11. The topological polar surface area (TPSA) is 66.8 Å². The van der Waals surface area contributed by atoms with Crippen molar-refractivity contribution in [2.75, 3.05) is 20.2 Å². The summed E-state index contributed by atoms with van der Waals surface area (Å²) in [6, 6.07) is 2.56. The molecule has 1 atom stereocenters. The highest BCUT2D eigenvalue weighted by atomic mass is 79.9. The smallest absolute Gasteiger partial charge is 0.245 e. The molecule has 2 rings (SSSR count). The van der Waals surface area contributed by atoms with E-state index >= 15 is 0 Å². The van der Waals surface area contributed by atoms with Crippen LogP contribution in [0.2, 0.25) is 0 Å². The molecule has 1 aromatic rings. The van der Waals surface area contributed by atoms with Crippen molar-refractivity contribution in [1.82, 2.24) is 4.31 Å². The zero-order chi connectivity index (χ0) is 15.6. The standard InChI is InChI=1S/C13H17BrFNO4S/c1-16(7-11-3-2-4-20-11)21(18,19)12-6-10(14)5-9(8-17)13(12)15/h5-6,11,17H,2-4,7-8H2,1H3. The highest BCUT2D eigenvalue weighted by Crippen LogP contribution is 2.27. The van der Waals surface area contributed by atoms with Gasteiger partial charge in [0, 0.05) is 30.2 Å². The molecule has 1 saturated heterocycles. The predicted octanol–water partition coefficient (Wildman–Crippen LogP) is 1.88. The van der Waals surface area contributed by atoms with Crippen molar-refractivity contribution >= 4 is 26.0 Å². The van der Waals surface area contributed by atoms with E-state index in [0.29, 0.717) is 11.1 Å². The van der Waals surface area contributed by atoms with E-state index in [4.69, 9.17) is 9.84 Å². The van der Waals surface area contributed by atoms with Crippen LogP contribution in [-0.4, -0.2) is 44.1 Å². The predicted molar refractivity (Wildman–Crippen MR) is 78.8 cm³/mol. The van der Waals surface area contributed by atoms with Crippen molar-refractivity contribution in [2.45, 2.75) is 30.4 Å². The lowest BCUT2D eigenvalue weighted by Gasteiger charge is -2.21. The largest absolute Gasteiger partial charge is 0.392 e. The van der Waals surface area contributed by atoms with Crippen LogP contribution in [0, 0.1) is 5.82 Å². The van der Waals surface area contributed by atoms with Gasteiger partial charge in [0.15, 0.2) is 0 Å². The molecule has 1 aliphatic heterocycles. The zero-order valence-corrected chi connectivity index (χ0v) is 14.0. The molecule has 0 aliphatic carbocycles. The summed E-state index contributed by atoms with van der Waals surface area (Å²) in [7, 11) is -2.58. The van der Waals surface area contributed by atoms with Crippen LogP contribution >= 0.6 is 15.9 Å². The van der Waals surface area contributed by atoms with Gasteiger partial charge >= 0.3 is 0 Å². The average Bonchev–Trinajstić information content (AvgIpc) is 2.93. The first-order valence-electron chi connectivity index (χ1n) is 6.53. The number of likely N-dealkylation sites (N-methyl/N-ethyl adjacent to an activating group) is 1. The fraction of sp³-hybridized carbons (Fsp3) is 0.538. The Balaban J connectivity index is 2.32. The molecule has 1 heterocycles. The van der Waals surface area contributed by atoms with Crippen LogP contribution in [0.1, 0.15) is 18.4 Å². The fourth-order valence-corrected chi connectivity index (χ4v) is 4.25. The second-order valence-corrected chi connectivity index (χ2v) is 7.88. The number of aliphatic hydroxyl groups excluding tert-OH is 1. The van der Waals surface area contributed by atoms with Gasteiger partial charge in [-0.3, -0.25) is 0 Å². The van der Waals surface area contributed by atoms with E-state index in [1.165, 1.54) is 19.2 Å². The maximum absolute atomic E-state index is 14.2. The Kier molecular flexibility index (Phi) is 5.37. The molecule has 118 valence electrons. The Labute approximate surface area is 131 Å². The first-order chi connectivity index (χ1) is 9.86. The third-order valence-corrected chi connectivity index (χ3v) is 5.70. The van der Waals surface area contributed by atoms with E-state index in [1.54, 1.807) is 0 Å². The van der Waals surface area contributed by atoms with Gasteiger partial charge in [0.1, 0.15) is 10.7 Å². The maximum atomic E-state index is 14.2. The van der Waals surface area contributed by atoms with Crippen LogP contribution in [0.3, 0.4) is 0 Å². The molecule has 1 unspecified atom stereocenters. The first kappa shape index (κ1) is 16.8. The van der Waals surface area contributed by atoms with Crippen molar-refractivity contribution in [3.63, 3.8) is 0 Å². The van der Waals surface area contributed by atoms with Gasteiger partial charge in [-0.05, 0) is 25.0 Å². The lowest BCUT2D eigenvalue weighted by Crippen LogP contribution is -2.34. The van der Waals surface area contributed by atoms with Gasteiger partial charge in [0.2, 0.25) is 10.0 Å². The monoisotopic (exact) mass is 381 g/mol. The molecule has 0 radical (unpaired) electrons. The highest BCUT2D eigenvalue weighted by Gasteiger charge is 2.29. The van der Waals surface area contributed by atoms with E-state index in [0.717, 1.165) is 17.1 Å². The molecule has 1 fully saturated rings. The van der Waals surface area contributed by atoms with E-state index < -0.39 is 27.3 Å².